The molecule has 0 saturated heterocycles. The molecule has 8 rings (SSSR count). The number of hydrogen-bond donors (Lipinski definition) is 0. The highest BCUT2D eigenvalue weighted by molar-refractivity contribution is 6.14. The van der Waals surface area contributed by atoms with Gasteiger partial charge in [-0.1, -0.05) is 78.9 Å². The van der Waals surface area contributed by atoms with Crippen molar-refractivity contribution in [2.45, 2.75) is 0 Å². The highest BCUT2D eigenvalue weighted by atomic mass is 15.0. The van der Waals surface area contributed by atoms with Gasteiger partial charge in [0.1, 0.15) is 12.1 Å². The van der Waals surface area contributed by atoms with Crippen LogP contribution in [-0.2, 0) is 0 Å². The van der Waals surface area contributed by atoms with Gasteiger partial charge in [0.15, 0.2) is 0 Å². The monoisotopic (exact) mass is 508 g/mol. The third-order valence-corrected chi connectivity index (χ3v) is 7.94. The quantitative estimate of drug-likeness (QED) is 0.234. The van der Waals surface area contributed by atoms with E-state index >= 15 is 0 Å². The molecule has 8 aromatic rings. The summed E-state index contributed by atoms with van der Waals surface area (Å²) >= 11 is 0. The summed E-state index contributed by atoms with van der Waals surface area (Å²) in [6, 6.07) is 46.1. The van der Waals surface area contributed by atoms with E-state index in [2.05, 4.69) is 75.9 Å². The van der Waals surface area contributed by atoms with Gasteiger partial charge < -0.3 is 9.13 Å². The molecule has 40 heavy (non-hydrogen) atoms. The van der Waals surface area contributed by atoms with Gasteiger partial charge in [-0.2, -0.15) is 10.5 Å². The van der Waals surface area contributed by atoms with Crippen LogP contribution in [0.5, 0.6) is 0 Å². The Labute approximate surface area is 229 Å². The molecule has 0 spiro atoms. The van der Waals surface area contributed by atoms with Crippen molar-refractivity contribution in [1.82, 2.24) is 9.13 Å². The third-order valence-electron chi connectivity index (χ3n) is 7.94. The molecule has 184 valence electrons. The van der Waals surface area contributed by atoms with Crippen molar-refractivity contribution in [1.29, 1.82) is 10.5 Å². The number of nitrogens with zero attached hydrogens (tertiary/aromatic N) is 4. The van der Waals surface area contributed by atoms with E-state index in [0.717, 1.165) is 54.7 Å². The topological polar surface area (TPSA) is 57.4 Å². The van der Waals surface area contributed by atoms with E-state index in [1.165, 1.54) is 5.39 Å². The Hall–Kier alpha value is -5.84. The van der Waals surface area contributed by atoms with Crippen LogP contribution in [0.15, 0.2) is 121 Å². The molecule has 0 aliphatic rings. The molecule has 4 nitrogen and oxygen atoms in total. The number of nitriles is 2. The number of hydrogen-bond acceptors (Lipinski definition) is 2. The van der Waals surface area contributed by atoms with Crippen LogP contribution in [0.4, 0.5) is 0 Å². The minimum absolute atomic E-state index is 0.451. The maximum absolute atomic E-state index is 10.5. The van der Waals surface area contributed by atoms with Crippen molar-refractivity contribution in [2.24, 2.45) is 0 Å². The lowest BCUT2D eigenvalue weighted by molar-refractivity contribution is 1.12. The molecule has 0 atom stereocenters. The van der Waals surface area contributed by atoms with Crippen LogP contribution in [0.1, 0.15) is 11.1 Å². The molecule has 2 heterocycles. The zero-order chi connectivity index (χ0) is 26.8. The van der Waals surface area contributed by atoms with Gasteiger partial charge in [-0.05, 0) is 53.2 Å². The number of para-hydroxylation sites is 3. The van der Waals surface area contributed by atoms with Crippen LogP contribution >= 0.6 is 0 Å². The lowest BCUT2D eigenvalue weighted by Crippen LogP contribution is -2.04. The lowest BCUT2D eigenvalue weighted by Gasteiger charge is -2.15. The van der Waals surface area contributed by atoms with Crippen LogP contribution < -0.4 is 0 Å². The Morgan fingerprint density at radius 2 is 0.875 bits per heavy atom. The van der Waals surface area contributed by atoms with E-state index in [0.29, 0.717) is 16.8 Å². The normalized spacial score (nSPS) is 11.4. The molecule has 0 N–H and O–H groups in total. The SMILES string of the molecule is N#Cc1cc(-n2c3ccccc3c3cc4ccccc4cc32)cc(C#N)c1-n1c2ccccc2c2ccccc21. The molecule has 0 saturated carbocycles. The first-order chi connectivity index (χ1) is 19.8. The van der Waals surface area contributed by atoms with Gasteiger partial charge in [-0.3, -0.25) is 0 Å². The second-order valence-corrected chi connectivity index (χ2v) is 10.1. The Morgan fingerprint density at radius 3 is 1.43 bits per heavy atom. The molecule has 2 aromatic heterocycles. The van der Waals surface area contributed by atoms with Gasteiger partial charge >= 0.3 is 0 Å². The van der Waals surface area contributed by atoms with Gasteiger partial charge in [0.25, 0.3) is 0 Å². The summed E-state index contributed by atoms with van der Waals surface area (Å²) in [6.07, 6.45) is 0. The van der Waals surface area contributed by atoms with Crippen LogP contribution in [-0.4, -0.2) is 9.13 Å². The second-order valence-electron chi connectivity index (χ2n) is 10.1. The summed E-state index contributed by atoms with van der Waals surface area (Å²) in [7, 11) is 0. The van der Waals surface area contributed by atoms with E-state index in [9.17, 15) is 10.5 Å². The number of aromatic nitrogens is 2. The Balaban J connectivity index is 1.49. The van der Waals surface area contributed by atoms with Gasteiger partial charge in [0.2, 0.25) is 0 Å². The standard InChI is InChI=1S/C36H20N4/c37-21-25-17-27(39-32-14-6-5-13-30(32)31-19-23-9-1-2-10-24(23)20-35(31)39)18-26(22-38)36(25)40-33-15-7-3-11-28(33)29-12-4-8-16-34(29)40/h1-20H. The van der Waals surface area contributed by atoms with Crippen molar-refractivity contribution < 1.29 is 0 Å². The summed E-state index contributed by atoms with van der Waals surface area (Å²) in [5.74, 6) is 0. The van der Waals surface area contributed by atoms with Crippen LogP contribution in [0, 0.1) is 22.7 Å². The van der Waals surface area contributed by atoms with Crippen molar-refractivity contribution in [2.75, 3.05) is 0 Å². The number of benzene rings is 6. The molecule has 0 radical (unpaired) electrons. The van der Waals surface area contributed by atoms with Crippen molar-refractivity contribution >= 4 is 54.4 Å². The third kappa shape index (κ3) is 2.99. The summed E-state index contributed by atoms with van der Waals surface area (Å²) < 4.78 is 4.24. The average Bonchev–Trinajstić information content (AvgIpc) is 3.51. The molecule has 0 aliphatic heterocycles. The van der Waals surface area contributed by atoms with Gasteiger partial charge in [0, 0.05) is 27.2 Å². The summed E-state index contributed by atoms with van der Waals surface area (Å²) in [5, 5.41) is 27.7. The fourth-order valence-corrected chi connectivity index (χ4v) is 6.26. The van der Waals surface area contributed by atoms with Gasteiger partial charge in [-0.15, -0.1) is 0 Å². The number of rotatable bonds is 2. The molecule has 0 amide bonds. The first kappa shape index (κ1) is 22.2. The first-order valence-corrected chi connectivity index (χ1v) is 13.2. The van der Waals surface area contributed by atoms with Gasteiger partial charge in [-0.25, -0.2) is 0 Å². The minimum atomic E-state index is 0.451. The largest absolute Gasteiger partial charge is 0.309 e. The van der Waals surface area contributed by atoms with E-state index in [1.807, 2.05) is 66.7 Å². The highest BCUT2D eigenvalue weighted by Crippen LogP contribution is 2.38. The van der Waals surface area contributed by atoms with Crippen molar-refractivity contribution in [3.8, 4) is 23.5 Å². The summed E-state index contributed by atoms with van der Waals surface area (Å²) in [4.78, 5) is 0. The minimum Gasteiger partial charge on any atom is -0.309 e. The molecular formula is C36H20N4. The number of fused-ring (bicyclic) bond motifs is 7. The van der Waals surface area contributed by atoms with Gasteiger partial charge in [0.05, 0.1) is 38.9 Å². The fourth-order valence-electron chi connectivity index (χ4n) is 6.26. The molecule has 4 heteroatoms. The molecule has 0 aliphatic carbocycles. The van der Waals surface area contributed by atoms with Crippen molar-refractivity contribution in [3.63, 3.8) is 0 Å². The average molecular weight is 509 g/mol. The molecule has 6 aromatic carbocycles. The highest BCUT2D eigenvalue weighted by Gasteiger charge is 2.21. The van der Waals surface area contributed by atoms with E-state index in [4.69, 9.17) is 0 Å². The van der Waals surface area contributed by atoms with E-state index in [1.54, 1.807) is 0 Å². The zero-order valence-corrected chi connectivity index (χ0v) is 21.3. The molecule has 0 unspecified atom stereocenters. The first-order valence-electron chi connectivity index (χ1n) is 13.2. The van der Waals surface area contributed by atoms with E-state index < -0.39 is 0 Å². The maximum Gasteiger partial charge on any atom is 0.101 e. The Kier molecular flexibility index (Phi) is 4.62. The molecular weight excluding hydrogens is 488 g/mol. The lowest BCUT2D eigenvalue weighted by atomic mass is 10.1. The summed E-state index contributed by atoms with van der Waals surface area (Å²) in [5.41, 5.74) is 6.30. The van der Waals surface area contributed by atoms with E-state index in [-0.39, 0.29) is 0 Å². The van der Waals surface area contributed by atoms with Crippen LogP contribution in [0.3, 0.4) is 0 Å². The smallest absolute Gasteiger partial charge is 0.101 e. The summed E-state index contributed by atoms with van der Waals surface area (Å²) in [6.45, 7) is 0. The molecule has 0 bridgehead atoms. The second kappa shape index (κ2) is 8.33. The predicted molar refractivity (Wildman–Crippen MR) is 162 cm³/mol. The van der Waals surface area contributed by atoms with Crippen LogP contribution in [0.2, 0.25) is 0 Å². The Bertz CT molecular complexity index is 2320. The fraction of sp³-hybridized carbons (Fsp3) is 0. The predicted octanol–water partition coefficient (Wildman–Crippen LogP) is 8.78. The molecule has 0 fully saturated rings. The Morgan fingerprint density at radius 1 is 0.425 bits per heavy atom. The zero-order valence-electron chi connectivity index (χ0n) is 21.3. The van der Waals surface area contributed by atoms with Crippen molar-refractivity contribution in [3.05, 3.63) is 132 Å². The van der Waals surface area contributed by atoms with Crippen LogP contribution in [0.25, 0.3) is 65.8 Å². The maximum atomic E-state index is 10.5.